The number of terminal acetylenes is 1. The number of nitrogens with one attached hydrogen (secondary N) is 9. The lowest BCUT2D eigenvalue weighted by atomic mass is 10.2. The molecule has 1 saturated carbocycles. The van der Waals surface area contributed by atoms with E-state index in [9.17, 15) is 47.5 Å². The van der Waals surface area contributed by atoms with Gasteiger partial charge in [-0.3, -0.25) is 43.2 Å². The van der Waals surface area contributed by atoms with E-state index >= 15 is 0 Å². The van der Waals surface area contributed by atoms with Crippen molar-refractivity contribution in [3.05, 3.63) is 153 Å². The van der Waals surface area contributed by atoms with Crippen molar-refractivity contribution in [2.24, 2.45) is 11.8 Å². The molecule has 30 heteroatoms. The molecule has 0 spiro atoms. The molecule has 9 amide bonds. The van der Waals surface area contributed by atoms with Crippen LogP contribution in [0.5, 0.6) is 0 Å². The van der Waals surface area contributed by atoms with Crippen LogP contribution in [0.3, 0.4) is 0 Å². The predicted octanol–water partition coefficient (Wildman–Crippen LogP) is 8.90. The van der Waals surface area contributed by atoms with Crippen LogP contribution in [-0.2, 0) is 112 Å². The summed E-state index contributed by atoms with van der Waals surface area (Å²) in [6.45, 7) is 18.8. The van der Waals surface area contributed by atoms with Crippen molar-refractivity contribution >= 4 is 80.7 Å². The second kappa shape index (κ2) is 81.2. The molecule has 0 radical (unpaired) electrons. The number of carbonyl (C=O) groups is 9. The summed E-state index contributed by atoms with van der Waals surface area (Å²) in [5.74, 6) is 3.33. The molecular weight excluding hydrogens is 1520 g/mol. The Morgan fingerprint density at radius 3 is 1.17 bits per heavy atom. The minimum absolute atomic E-state index is 0.00162. The van der Waals surface area contributed by atoms with Crippen molar-refractivity contribution in [1.29, 1.82) is 0 Å². The molecule has 0 atom stereocenters. The molecule has 1 aliphatic rings. The molecule has 1 aliphatic carbocycles. The zero-order valence-corrected chi connectivity index (χ0v) is 69.9. The molecule has 0 saturated heterocycles. The fraction of sp³-hybridized carbons (Fsp3) is 0.543. The predicted molar refractivity (Wildman–Crippen MR) is 436 cm³/mol. The molecule has 0 unspecified atom stereocenters. The average Bonchev–Trinajstić information content (AvgIpc) is 1.69. The number of halogens is 3. The molecule has 0 aromatic heterocycles. The quantitative estimate of drug-likeness (QED) is 0.0147. The second-order valence-corrected chi connectivity index (χ2v) is 25.2. The van der Waals surface area contributed by atoms with E-state index in [0.29, 0.717) is 166 Å². The largest absolute Gasteiger partial charge is 0.384 e. The Labute approximate surface area is 673 Å². The Bertz CT molecular complexity index is 2890. The van der Waals surface area contributed by atoms with Crippen LogP contribution >= 0.6 is 27.5 Å². The summed E-state index contributed by atoms with van der Waals surface area (Å²) in [6.07, 6.45) is 13.8. The Morgan fingerprint density at radius 1 is 0.459 bits per heavy atom. The average molecular weight is 1650 g/mol. The van der Waals surface area contributed by atoms with Crippen molar-refractivity contribution in [3.8, 4) is 12.3 Å². The van der Waals surface area contributed by atoms with Crippen molar-refractivity contribution in [3.63, 3.8) is 0 Å². The number of hydrogen-bond donors (Lipinski definition) is 9. The summed E-state index contributed by atoms with van der Waals surface area (Å²) >= 11 is 9.36. The molecule has 1 fully saturated rings. The Hall–Kier alpha value is -8.25. The molecule has 27 nitrogen and oxygen atoms in total. The molecule has 9 N–H and O–H groups in total. The van der Waals surface area contributed by atoms with Gasteiger partial charge in [-0.05, 0) is 66.0 Å². The first-order valence-corrected chi connectivity index (χ1v) is 37.7. The first-order chi connectivity index (χ1) is 53.4. The Balaban J connectivity index is -0.000000583. The summed E-state index contributed by atoms with van der Waals surface area (Å²) in [5.41, 5.74) is 3.59. The van der Waals surface area contributed by atoms with E-state index in [1.54, 1.807) is 87.2 Å². The highest BCUT2D eigenvalue weighted by atomic mass is 79.9. The zero-order valence-electron chi connectivity index (χ0n) is 67.5. The SMILES string of the molecule is C#CCNC(=O)CCOC.C=CCNC(=O)CCOC.CCCNC(=O)CCOC.COCCC(=O)NCC(C)C.COCCC(=O)NCC1CC1.COCCC(=O)NCc1ccccc1.COCCC(=O)NCc1ccccc1Br.COCCC(=O)NCc1ccccc1Cl.COCCC(=O)NCc1ccccc1F. The fourth-order valence-electron chi connectivity index (χ4n) is 7.35. The van der Waals surface area contributed by atoms with Crippen LogP contribution in [0.25, 0.3) is 0 Å². The summed E-state index contributed by atoms with van der Waals surface area (Å²) in [7, 11) is 14.2. The Morgan fingerprint density at radius 2 is 0.793 bits per heavy atom. The van der Waals surface area contributed by atoms with E-state index in [1.165, 1.54) is 26.0 Å². The van der Waals surface area contributed by atoms with Gasteiger partial charge in [0.1, 0.15) is 5.82 Å². The maximum absolute atomic E-state index is 13.1. The van der Waals surface area contributed by atoms with Gasteiger partial charge in [0.2, 0.25) is 53.2 Å². The molecule has 4 aromatic carbocycles. The molecular formula is C81H128BrClFN9O18. The van der Waals surface area contributed by atoms with Gasteiger partial charge in [-0.15, -0.1) is 13.0 Å². The van der Waals surface area contributed by atoms with Gasteiger partial charge >= 0.3 is 0 Å². The summed E-state index contributed by atoms with van der Waals surface area (Å²) in [4.78, 5) is 98.9. The van der Waals surface area contributed by atoms with Crippen molar-refractivity contribution in [2.75, 3.05) is 156 Å². The van der Waals surface area contributed by atoms with Crippen LogP contribution in [0.2, 0.25) is 5.02 Å². The van der Waals surface area contributed by atoms with Crippen LogP contribution in [-0.4, -0.2) is 209 Å². The van der Waals surface area contributed by atoms with Gasteiger partial charge in [-0.1, -0.05) is 145 Å². The lowest BCUT2D eigenvalue weighted by Gasteiger charge is -2.06. The van der Waals surface area contributed by atoms with Crippen LogP contribution in [0.4, 0.5) is 4.39 Å². The molecule has 111 heavy (non-hydrogen) atoms. The van der Waals surface area contributed by atoms with Crippen LogP contribution in [0, 0.1) is 30.0 Å². The van der Waals surface area contributed by atoms with Gasteiger partial charge in [0.15, 0.2) is 0 Å². The van der Waals surface area contributed by atoms with E-state index in [-0.39, 0.29) is 65.5 Å². The number of rotatable bonds is 44. The van der Waals surface area contributed by atoms with E-state index in [0.717, 1.165) is 53.1 Å². The van der Waals surface area contributed by atoms with E-state index in [1.807, 2.05) is 79.7 Å². The molecule has 5 rings (SSSR count). The van der Waals surface area contributed by atoms with Crippen molar-refractivity contribution in [2.45, 2.75) is 124 Å². The van der Waals surface area contributed by atoms with Gasteiger partial charge in [0.25, 0.3) is 0 Å². The molecule has 0 bridgehead atoms. The second-order valence-electron chi connectivity index (χ2n) is 23.9. The summed E-state index contributed by atoms with van der Waals surface area (Å²) in [5, 5.41) is 25.2. The summed E-state index contributed by atoms with van der Waals surface area (Å²) < 4.78 is 57.0. The van der Waals surface area contributed by atoms with E-state index in [4.69, 9.17) is 55.9 Å². The third kappa shape index (κ3) is 78.2. The number of amides is 9. The minimum atomic E-state index is -0.301. The van der Waals surface area contributed by atoms with E-state index in [2.05, 4.69) is 94.9 Å². The third-order valence-corrected chi connectivity index (χ3v) is 15.0. The molecule has 626 valence electrons. The monoisotopic (exact) mass is 1650 g/mol. The lowest BCUT2D eigenvalue weighted by Crippen LogP contribution is -2.27. The molecule has 0 heterocycles. The standard InChI is InChI=1S/C11H14BrNO2.C11H14ClNO2.C11H14FNO2.C11H15NO2.C8H15NO2.C8H17NO2.C7H15NO2.C7H13NO2.C7H11NO2/c3*1-15-7-6-11(14)13-8-9-4-2-3-5-10(9)12;1-14-8-7-11(13)12-9-10-5-3-2-4-6-10;1-11-5-4-8(10)9-6-7-2-3-7;1-7(2)6-9-8(10)4-5-11-3;3*1-3-5-8-7(9)4-6-10-2/h3*2-5H,6-8H2,1H3,(H,13,14);2-6H,7-9H2,1H3,(H,12,13);7H,2-6H2,1H3,(H,9,10);7H,4-6H2,1-3H3,(H,9,10);3-6H2,1-2H3,(H,8,9);3H,1,4-6H2,2H3,(H,8,9);1H,4-6H2,2H3,(H,8,9). The number of methoxy groups -OCH3 is 9. The Kier molecular flexibility index (Phi) is 79.8. The van der Waals surface area contributed by atoms with Crippen LogP contribution in [0.1, 0.15) is 120 Å². The van der Waals surface area contributed by atoms with Crippen LogP contribution < -0.4 is 47.9 Å². The normalized spacial score (nSPS) is 10.3. The van der Waals surface area contributed by atoms with Crippen molar-refractivity contribution < 1.29 is 90.2 Å². The van der Waals surface area contributed by atoms with Gasteiger partial charge < -0.3 is 90.5 Å². The van der Waals surface area contributed by atoms with Gasteiger partial charge in [-0.25, -0.2) is 4.39 Å². The fourth-order valence-corrected chi connectivity index (χ4v) is 7.98. The maximum Gasteiger partial charge on any atom is 0.223 e. The highest BCUT2D eigenvalue weighted by Gasteiger charge is 2.21. The zero-order chi connectivity index (χ0) is 83.8. The highest BCUT2D eigenvalue weighted by molar-refractivity contribution is 9.10. The number of hydrogen-bond acceptors (Lipinski definition) is 18. The van der Waals surface area contributed by atoms with Gasteiger partial charge in [-0.2, -0.15) is 0 Å². The van der Waals surface area contributed by atoms with Gasteiger partial charge in [0.05, 0.1) is 66.0 Å². The minimum Gasteiger partial charge on any atom is -0.384 e. The molecule has 4 aromatic rings. The van der Waals surface area contributed by atoms with E-state index < -0.39 is 0 Å². The van der Waals surface area contributed by atoms with Gasteiger partial charge in [0, 0.05) is 189 Å². The highest BCUT2D eigenvalue weighted by Crippen LogP contribution is 2.27. The smallest absolute Gasteiger partial charge is 0.223 e. The number of ether oxygens (including phenoxy) is 9. The first kappa shape index (κ1) is 109. The third-order valence-electron chi connectivity index (χ3n) is 13.8. The van der Waals surface area contributed by atoms with Crippen LogP contribution in [0.15, 0.2) is 120 Å². The number of carbonyl (C=O) groups excluding carboxylic acids is 9. The first-order valence-electron chi connectivity index (χ1n) is 36.6. The number of benzene rings is 4. The topological polar surface area (TPSA) is 345 Å². The molecule has 0 aliphatic heterocycles. The summed E-state index contributed by atoms with van der Waals surface area (Å²) in [6, 6.07) is 31.5. The lowest BCUT2D eigenvalue weighted by molar-refractivity contribution is -0.123. The maximum atomic E-state index is 13.1. The van der Waals surface area contributed by atoms with Crippen molar-refractivity contribution in [1.82, 2.24) is 47.9 Å².